The molecule has 0 atom stereocenters. The number of hydrogen-bond donors (Lipinski definition) is 1. The molecule has 0 unspecified atom stereocenters. The topological polar surface area (TPSA) is 108 Å². The van der Waals surface area contributed by atoms with Crippen molar-refractivity contribution < 1.29 is 18.5 Å². The lowest BCUT2D eigenvalue weighted by molar-refractivity contribution is -0.119. The minimum absolute atomic E-state index is 0.149. The predicted molar refractivity (Wildman–Crippen MR) is 77.0 cm³/mol. The molecule has 0 saturated carbocycles. The second kappa shape index (κ2) is 6.61. The van der Waals surface area contributed by atoms with E-state index in [0.717, 1.165) is 31.5 Å². The number of hydrogen-bond acceptors (Lipinski definition) is 7. The maximum absolute atomic E-state index is 10.7. The summed E-state index contributed by atoms with van der Waals surface area (Å²) in [6.07, 6.45) is 5.25. The van der Waals surface area contributed by atoms with Crippen molar-refractivity contribution >= 4 is 11.9 Å². The summed E-state index contributed by atoms with van der Waals surface area (Å²) in [6.45, 7) is 1.95. The van der Waals surface area contributed by atoms with Gasteiger partial charge in [0.2, 0.25) is 5.91 Å². The maximum atomic E-state index is 10.7. The summed E-state index contributed by atoms with van der Waals surface area (Å²) in [4.78, 5) is 17.1. The van der Waals surface area contributed by atoms with E-state index in [1.165, 1.54) is 0 Å². The lowest BCUT2D eigenvalue weighted by Crippen LogP contribution is -2.38. The van der Waals surface area contributed by atoms with E-state index in [1.807, 2.05) is 0 Å². The zero-order chi connectivity index (χ0) is 15.4. The Morgan fingerprint density at radius 2 is 2.27 bits per heavy atom. The number of primary amides is 1. The number of piperidine rings is 1. The van der Waals surface area contributed by atoms with Crippen molar-refractivity contribution in [2.75, 3.05) is 24.6 Å². The van der Waals surface area contributed by atoms with E-state index in [2.05, 4.69) is 15.0 Å². The van der Waals surface area contributed by atoms with Crippen molar-refractivity contribution in [3.05, 3.63) is 18.6 Å². The van der Waals surface area contributed by atoms with Gasteiger partial charge in [0.05, 0.1) is 24.5 Å². The van der Waals surface area contributed by atoms with Crippen LogP contribution in [0.15, 0.2) is 27.5 Å². The van der Waals surface area contributed by atoms with Gasteiger partial charge >= 0.3 is 0 Å². The van der Waals surface area contributed by atoms with Crippen LogP contribution in [-0.4, -0.2) is 41.8 Å². The van der Waals surface area contributed by atoms with E-state index in [1.54, 1.807) is 18.6 Å². The molecule has 0 spiro atoms. The molecule has 2 N–H and O–H groups in total. The summed E-state index contributed by atoms with van der Waals surface area (Å²) >= 11 is 0. The van der Waals surface area contributed by atoms with Crippen molar-refractivity contribution in [3.63, 3.8) is 0 Å². The summed E-state index contributed by atoms with van der Waals surface area (Å²) in [5.74, 6) is 0.686. The zero-order valence-corrected chi connectivity index (χ0v) is 12.1. The van der Waals surface area contributed by atoms with E-state index in [-0.39, 0.29) is 18.4 Å². The van der Waals surface area contributed by atoms with Crippen molar-refractivity contribution in [3.8, 4) is 11.5 Å². The van der Waals surface area contributed by atoms with E-state index in [0.29, 0.717) is 18.4 Å². The minimum Gasteiger partial charge on any atom is -0.472 e. The Morgan fingerprint density at radius 1 is 1.45 bits per heavy atom. The van der Waals surface area contributed by atoms with Gasteiger partial charge in [-0.1, -0.05) is 0 Å². The molecule has 0 bridgehead atoms. The van der Waals surface area contributed by atoms with Gasteiger partial charge in [0.25, 0.3) is 11.8 Å². The molecule has 118 valence electrons. The first-order valence-corrected chi connectivity index (χ1v) is 7.23. The molecule has 1 saturated heterocycles. The van der Waals surface area contributed by atoms with Crippen LogP contribution < -0.4 is 10.6 Å². The number of ether oxygens (including phenoxy) is 1. The number of carbonyl (C=O) groups is 1. The van der Waals surface area contributed by atoms with Gasteiger partial charge in [-0.3, -0.25) is 4.79 Å². The quantitative estimate of drug-likeness (QED) is 0.854. The first kappa shape index (κ1) is 14.6. The second-order valence-corrected chi connectivity index (χ2v) is 5.19. The monoisotopic (exact) mass is 306 g/mol. The van der Waals surface area contributed by atoms with Crippen LogP contribution in [0.3, 0.4) is 0 Å². The van der Waals surface area contributed by atoms with Crippen molar-refractivity contribution in [2.24, 2.45) is 5.73 Å². The lowest BCUT2D eigenvalue weighted by Gasteiger charge is -2.30. The summed E-state index contributed by atoms with van der Waals surface area (Å²) < 4.78 is 15.9. The van der Waals surface area contributed by atoms with Gasteiger partial charge < -0.3 is 24.3 Å². The molecule has 1 amide bonds. The molecule has 2 aromatic heterocycles. The molecule has 8 nitrogen and oxygen atoms in total. The van der Waals surface area contributed by atoms with Gasteiger partial charge in [-0.25, -0.2) is 0 Å². The van der Waals surface area contributed by atoms with Crippen LogP contribution in [0.2, 0.25) is 0 Å². The number of nitrogens with zero attached hydrogens (tertiary/aromatic N) is 3. The molecule has 8 heteroatoms. The van der Waals surface area contributed by atoms with Crippen LogP contribution in [0, 0.1) is 0 Å². The lowest BCUT2D eigenvalue weighted by atomic mass is 10.1. The minimum atomic E-state index is -0.337. The van der Waals surface area contributed by atoms with E-state index in [4.69, 9.17) is 19.4 Å². The maximum Gasteiger partial charge on any atom is 0.266 e. The molecular weight excluding hydrogens is 288 g/mol. The molecule has 1 aliphatic rings. The van der Waals surface area contributed by atoms with E-state index >= 15 is 0 Å². The average Bonchev–Trinajstić information content (AvgIpc) is 3.19. The second-order valence-electron chi connectivity index (χ2n) is 5.19. The van der Waals surface area contributed by atoms with Crippen LogP contribution in [0.5, 0.6) is 0 Å². The Hall–Kier alpha value is -2.35. The number of nitrogens with two attached hydrogens (primary N) is 1. The summed E-state index contributed by atoms with van der Waals surface area (Å²) in [6, 6.07) is 1.77. The van der Waals surface area contributed by atoms with Crippen LogP contribution in [0.25, 0.3) is 11.5 Å². The predicted octanol–water partition coefficient (Wildman–Crippen LogP) is 1.19. The van der Waals surface area contributed by atoms with E-state index < -0.39 is 0 Å². The highest BCUT2D eigenvalue weighted by Crippen LogP contribution is 2.23. The highest BCUT2D eigenvalue weighted by Gasteiger charge is 2.23. The van der Waals surface area contributed by atoms with Crippen LogP contribution >= 0.6 is 0 Å². The first-order valence-electron chi connectivity index (χ1n) is 7.23. The van der Waals surface area contributed by atoms with Crippen LogP contribution in [0.1, 0.15) is 19.3 Å². The Labute approximate surface area is 127 Å². The number of carbonyl (C=O) groups excluding carboxylic acids is 1. The third-order valence-corrected chi connectivity index (χ3v) is 3.61. The SMILES string of the molecule is NC(=O)CCOC1CCN(c2noc(-c3ccoc3)n2)CC1. The highest BCUT2D eigenvalue weighted by atomic mass is 16.5. The highest BCUT2D eigenvalue weighted by molar-refractivity contribution is 5.73. The van der Waals surface area contributed by atoms with Gasteiger partial charge in [-0.2, -0.15) is 4.98 Å². The number of rotatable bonds is 6. The van der Waals surface area contributed by atoms with Crippen molar-refractivity contribution in [1.29, 1.82) is 0 Å². The Kier molecular flexibility index (Phi) is 4.38. The Bertz CT molecular complexity index is 602. The molecule has 0 aliphatic carbocycles. The van der Waals surface area contributed by atoms with Gasteiger partial charge in [0, 0.05) is 19.5 Å². The number of anilines is 1. The molecule has 1 fully saturated rings. The fourth-order valence-electron chi connectivity index (χ4n) is 2.40. The largest absolute Gasteiger partial charge is 0.472 e. The Balaban J connectivity index is 1.50. The summed E-state index contributed by atoms with van der Waals surface area (Å²) in [5, 5.41) is 4.00. The smallest absolute Gasteiger partial charge is 0.266 e. The number of amides is 1. The molecule has 3 heterocycles. The molecule has 0 aromatic carbocycles. The molecule has 0 radical (unpaired) electrons. The fraction of sp³-hybridized carbons (Fsp3) is 0.500. The number of furan rings is 1. The van der Waals surface area contributed by atoms with Gasteiger partial charge in [-0.15, -0.1) is 0 Å². The summed E-state index contributed by atoms with van der Waals surface area (Å²) in [5.41, 5.74) is 5.85. The third-order valence-electron chi connectivity index (χ3n) is 3.61. The van der Waals surface area contributed by atoms with Gasteiger partial charge in [0.15, 0.2) is 0 Å². The van der Waals surface area contributed by atoms with Crippen molar-refractivity contribution in [2.45, 2.75) is 25.4 Å². The molecule has 22 heavy (non-hydrogen) atoms. The van der Waals surface area contributed by atoms with E-state index in [9.17, 15) is 4.79 Å². The van der Waals surface area contributed by atoms with Gasteiger partial charge in [-0.05, 0) is 24.1 Å². The molecule has 1 aliphatic heterocycles. The summed E-state index contributed by atoms with van der Waals surface area (Å²) in [7, 11) is 0. The van der Waals surface area contributed by atoms with Crippen LogP contribution in [0.4, 0.5) is 5.95 Å². The molecular formula is C14H18N4O4. The zero-order valence-electron chi connectivity index (χ0n) is 12.1. The number of aromatic nitrogens is 2. The third kappa shape index (κ3) is 3.45. The standard InChI is InChI=1S/C14H18N4O4/c15-12(19)4-8-21-11-1-5-18(6-2-11)14-16-13(22-17-14)10-3-7-20-9-10/h3,7,9,11H,1-2,4-6,8H2,(H2,15,19). The van der Waals surface area contributed by atoms with Crippen molar-refractivity contribution in [1.82, 2.24) is 10.1 Å². The normalized spacial score (nSPS) is 16.1. The fourth-order valence-corrected chi connectivity index (χ4v) is 2.40. The van der Waals surface area contributed by atoms with Crippen LogP contribution in [-0.2, 0) is 9.53 Å². The average molecular weight is 306 g/mol. The Morgan fingerprint density at radius 3 is 2.95 bits per heavy atom. The van der Waals surface area contributed by atoms with Gasteiger partial charge in [0.1, 0.15) is 6.26 Å². The molecule has 3 rings (SSSR count). The first-order chi connectivity index (χ1) is 10.7. The molecule has 2 aromatic rings.